The average Bonchev–Trinajstić information content (AvgIpc) is 2.23. The van der Waals surface area contributed by atoms with Crippen molar-refractivity contribution in [3.05, 3.63) is 28.8 Å². The number of halogens is 1. The number of benzene rings is 1. The molecule has 2 nitrogen and oxygen atoms in total. The minimum Gasteiger partial charge on any atom is -0.399 e. The number of rotatable bonds is 5. The molecule has 1 unspecified atom stereocenters. The Bertz CT molecular complexity index is 339. The van der Waals surface area contributed by atoms with Crippen molar-refractivity contribution in [2.24, 2.45) is 0 Å². The summed E-state index contributed by atoms with van der Waals surface area (Å²) in [6, 6.07) is 6.23. The third-order valence-corrected chi connectivity index (χ3v) is 3.32. The summed E-state index contributed by atoms with van der Waals surface area (Å²) in [6.45, 7) is 5.30. The van der Waals surface area contributed by atoms with Crippen molar-refractivity contribution in [2.75, 3.05) is 12.8 Å². The zero-order valence-electron chi connectivity index (χ0n) is 10.3. The Balaban J connectivity index is 2.68. The maximum atomic E-state index is 6.14. The summed E-state index contributed by atoms with van der Waals surface area (Å²) in [5.41, 5.74) is 7.64. The summed E-state index contributed by atoms with van der Waals surface area (Å²) < 4.78 is 0. The predicted molar refractivity (Wildman–Crippen MR) is 71.7 cm³/mol. The van der Waals surface area contributed by atoms with Crippen LogP contribution in [0.5, 0.6) is 0 Å². The van der Waals surface area contributed by atoms with E-state index in [1.54, 1.807) is 0 Å². The minimum absolute atomic E-state index is 0.572. The lowest BCUT2D eigenvalue weighted by Crippen LogP contribution is -2.28. The topological polar surface area (TPSA) is 29.3 Å². The molecule has 1 aromatic rings. The van der Waals surface area contributed by atoms with Crippen molar-refractivity contribution in [3.63, 3.8) is 0 Å². The number of hydrogen-bond acceptors (Lipinski definition) is 2. The summed E-state index contributed by atoms with van der Waals surface area (Å²) >= 11 is 6.14. The molecular formula is C13H21ClN2. The Morgan fingerprint density at radius 2 is 2.12 bits per heavy atom. The van der Waals surface area contributed by atoms with E-state index in [2.05, 4.69) is 25.8 Å². The number of anilines is 1. The first-order chi connectivity index (χ1) is 7.54. The maximum Gasteiger partial charge on any atom is 0.0452 e. The lowest BCUT2D eigenvalue weighted by Gasteiger charge is -2.24. The fraction of sp³-hybridized carbons (Fsp3) is 0.538. The van der Waals surface area contributed by atoms with Crippen LogP contribution in [0.25, 0.3) is 0 Å². The van der Waals surface area contributed by atoms with Gasteiger partial charge in [0.2, 0.25) is 0 Å². The van der Waals surface area contributed by atoms with Crippen LogP contribution in [0.2, 0.25) is 5.02 Å². The molecule has 0 aromatic heterocycles. The van der Waals surface area contributed by atoms with Gasteiger partial charge in [0.25, 0.3) is 0 Å². The van der Waals surface area contributed by atoms with E-state index in [1.165, 1.54) is 12.8 Å². The Labute approximate surface area is 103 Å². The van der Waals surface area contributed by atoms with Crippen molar-refractivity contribution in [2.45, 2.75) is 39.3 Å². The normalized spacial score (nSPS) is 13.1. The van der Waals surface area contributed by atoms with Gasteiger partial charge in [-0.2, -0.15) is 0 Å². The number of nitrogen functional groups attached to an aromatic ring is 1. The van der Waals surface area contributed by atoms with Crippen LogP contribution in [0, 0.1) is 0 Å². The molecule has 0 radical (unpaired) electrons. The second kappa shape index (κ2) is 6.12. The highest BCUT2D eigenvalue weighted by atomic mass is 35.5. The molecule has 0 bridgehead atoms. The second-order valence-electron chi connectivity index (χ2n) is 4.40. The summed E-state index contributed by atoms with van der Waals surface area (Å²) in [5.74, 6) is 0. The highest BCUT2D eigenvalue weighted by molar-refractivity contribution is 6.31. The molecule has 1 rings (SSSR count). The first-order valence-corrected chi connectivity index (χ1v) is 6.16. The fourth-order valence-electron chi connectivity index (χ4n) is 1.78. The van der Waals surface area contributed by atoms with Crippen LogP contribution in [0.1, 0.15) is 32.3 Å². The third kappa shape index (κ3) is 3.69. The molecular weight excluding hydrogens is 220 g/mol. The van der Waals surface area contributed by atoms with Crippen molar-refractivity contribution >= 4 is 17.3 Å². The number of hydrogen-bond donors (Lipinski definition) is 1. The monoisotopic (exact) mass is 240 g/mol. The Morgan fingerprint density at radius 3 is 2.75 bits per heavy atom. The van der Waals surface area contributed by atoms with Crippen LogP contribution >= 0.6 is 11.6 Å². The van der Waals surface area contributed by atoms with Gasteiger partial charge in [-0.25, -0.2) is 0 Å². The minimum atomic E-state index is 0.572. The van der Waals surface area contributed by atoms with E-state index in [-0.39, 0.29) is 0 Å². The molecule has 3 heteroatoms. The van der Waals surface area contributed by atoms with E-state index in [0.717, 1.165) is 22.8 Å². The first-order valence-electron chi connectivity index (χ1n) is 5.78. The molecule has 0 spiro atoms. The Hall–Kier alpha value is -0.730. The van der Waals surface area contributed by atoms with Crippen LogP contribution in [-0.4, -0.2) is 18.0 Å². The summed E-state index contributed by atoms with van der Waals surface area (Å²) in [4.78, 5) is 2.31. The second-order valence-corrected chi connectivity index (χ2v) is 4.81. The molecule has 16 heavy (non-hydrogen) atoms. The summed E-state index contributed by atoms with van der Waals surface area (Å²) in [6.07, 6.45) is 2.41. The van der Waals surface area contributed by atoms with E-state index in [1.807, 2.05) is 18.2 Å². The van der Waals surface area contributed by atoms with Gasteiger partial charge in [0.15, 0.2) is 0 Å². The summed E-state index contributed by atoms with van der Waals surface area (Å²) in [5, 5.41) is 0.796. The van der Waals surface area contributed by atoms with Gasteiger partial charge in [-0.15, -0.1) is 0 Å². The summed E-state index contributed by atoms with van der Waals surface area (Å²) in [7, 11) is 2.12. The highest BCUT2D eigenvalue weighted by Crippen LogP contribution is 2.21. The van der Waals surface area contributed by atoms with E-state index in [9.17, 15) is 0 Å². The molecule has 1 atom stereocenters. The van der Waals surface area contributed by atoms with Gasteiger partial charge in [0.05, 0.1) is 0 Å². The average molecular weight is 241 g/mol. The zero-order valence-corrected chi connectivity index (χ0v) is 11.1. The molecule has 90 valence electrons. The van der Waals surface area contributed by atoms with E-state index >= 15 is 0 Å². The molecule has 0 saturated carbocycles. The lowest BCUT2D eigenvalue weighted by atomic mass is 10.1. The van der Waals surface area contributed by atoms with Gasteiger partial charge in [-0.3, -0.25) is 4.90 Å². The van der Waals surface area contributed by atoms with Gasteiger partial charge >= 0.3 is 0 Å². The Morgan fingerprint density at radius 1 is 1.44 bits per heavy atom. The van der Waals surface area contributed by atoms with E-state index in [0.29, 0.717) is 6.04 Å². The number of nitrogens with two attached hydrogens (primary N) is 1. The SMILES string of the molecule is CCCC(C)N(C)Cc1cc(N)ccc1Cl. The molecule has 1 aromatic carbocycles. The molecule has 0 aliphatic rings. The van der Waals surface area contributed by atoms with Crippen LogP contribution in [0.4, 0.5) is 5.69 Å². The maximum absolute atomic E-state index is 6.14. The molecule has 2 N–H and O–H groups in total. The molecule has 0 amide bonds. The van der Waals surface area contributed by atoms with Gasteiger partial charge in [-0.05, 0) is 44.2 Å². The largest absolute Gasteiger partial charge is 0.399 e. The highest BCUT2D eigenvalue weighted by Gasteiger charge is 2.10. The zero-order chi connectivity index (χ0) is 12.1. The van der Waals surface area contributed by atoms with Gasteiger partial charge in [-0.1, -0.05) is 24.9 Å². The van der Waals surface area contributed by atoms with Crippen LogP contribution in [0.3, 0.4) is 0 Å². The van der Waals surface area contributed by atoms with Gasteiger partial charge in [0, 0.05) is 23.3 Å². The standard InChI is InChI=1S/C13H21ClN2/c1-4-5-10(2)16(3)9-11-8-12(15)6-7-13(11)14/h6-8,10H,4-5,9,15H2,1-3H3. The molecule has 0 fully saturated rings. The quantitative estimate of drug-likeness (QED) is 0.798. The van der Waals surface area contributed by atoms with Crippen LogP contribution in [0.15, 0.2) is 18.2 Å². The molecule has 0 aliphatic heterocycles. The van der Waals surface area contributed by atoms with Crippen molar-refractivity contribution < 1.29 is 0 Å². The molecule has 0 aliphatic carbocycles. The van der Waals surface area contributed by atoms with E-state index in [4.69, 9.17) is 17.3 Å². The van der Waals surface area contributed by atoms with Crippen LogP contribution < -0.4 is 5.73 Å². The molecule has 0 saturated heterocycles. The molecule has 0 heterocycles. The predicted octanol–water partition coefficient (Wildman–Crippen LogP) is 3.54. The first kappa shape index (κ1) is 13.3. The van der Waals surface area contributed by atoms with Crippen molar-refractivity contribution in [3.8, 4) is 0 Å². The lowest BCUT2D eigenvalue weighted by molar-refractivity contribution is 0.237. The van der Waals surface area contributed by atoms with Crippen molar-refractivity contribution in [1.82, 2.24) is 4.90 Å². The smallest absolute Gasteiger partial charge is 0.0452 e. The van der Waals surface area contributed by atoms with Gasteiger partial charge < -0.3 is 5.73 Å². The Kier molecular flexibility index (Phi) is 5.10. The van der Waals surface area contributed by atoms with Crippen LogP contribution in [-0.2, 0) is 6.54 Å². The van der Waals surface area contributed by atoms with Gasteiger partial charge in [0.1, 0.15) is 0 Å². The fourth-order valence-corrected chi connectivity index (χ4v) is 1.96. The third-order valence-electron chi connectivity index (χ3n) is 2.95. The van der Waals surface area contributed by atoms with Crippen molar-refractivity contribution in [1.29, 1.82) is 0 Å². The number of nitrogens with zero attached hydrogens (tertiary/aromatic N) is 1. The van der Waals surface area contributed by atoms with E-state index < -0.39 is 0 Å².